The zero-order valence-electron chi connectivity index (χ0n) is 49.8. The number of aliphatic hydroxyl groups is 2. The van der Waals surface area contributed by atoms with Gasteiger partial charge in [-0.05, 0) is 57.8 Å². The van der Waals surface area contributed by atoms with E-state index in [1.807, 2.05) is 6.08 Å². The molecule has 0 aliphatic rings. The number of rotatable bonds is 62. The molecule has 0 heterocycles. The molecule has 0 aromatic heterocycles. The highest BCUT2D eigenvalue weighted by Gasteiger charge is 2.18. The van der Waals surface area contributed by atoms with Gasteiger partial charge in [-0.15, -0.1) is 0 Å². The number of ether oxygens (including phenoxy) is 1. The minimum absolute atomic E-state index is 0.00760. The average molecular weight is 1040 g/mol. The van der Waals surface area contributed by atoms with Gasteiger partial charge in [-0.25, -0.2) is 0 Å². The van der Waals surface area contributed by atoms with Gasteiger partial charge in [0.1, 0.15) is 0 Å². The minimum atomic E-state index is -0.850. The second-order valence-electron chi connectivity index (χ2n) is 22.8. The summed E-state index contributed by atoms with van der Waals surface area (Å²) in [5, 5.41) is 23.3. The van der Waals surface area contributed by atoms with Crippen LogP contribution in [0.25, 0.3) is 0 Å². The molecule has 0 rings (SSSR count). The summed E-state index contributed by atoms with van der Waals surface area (Å²) in [5.74, 6) is -0.0764. The van der Waals surface area contributed by atoms with Gasteiger partial charge in [0.2, 0.25) is 5.91 Å². The summed E-state index contributed by atoms with van der Waals surface area (Å²) < 4.78 is 5.47. The summed E-state index contributed by atoms with van der Waals surface area (Å²) in [6, 6.07) is -0.633. The first-order valence-electron chi connectivity index (χ1n) is 33.3. The molecule has 3 N–H and O–H groups in total. The van der Waals surface area contributed by atoms with E-state index in [-0.39, 0.29) is 18.5 Å². The van der Waals surface area contributed by atoms with Gasteiger partial charge in [-0.2, -0.15) is 0 Å². The van der Waals surface area contributed by atoms with Gasteiger partial charge < -0.3 is 20.3 Å². The van der Waals surface area contributed by atoms with Gasteiger partial charge in [-0.3, -0.25) is 9.59 Å². The minimum Gasteiger partial charge on any atom is -0.466 e. The third-order valence-corrected chi connectivity index (χ3v) is 15.4. The quantitative estimate of drug-likeness (QED) is 0.0320. The van der Waals surface area contributed by atoms with Gasteiger partial charge in [0.15, 0.2) is 0 Å². The van der Waals surface area contributed by atoms with Crippen LogP contribution in [0.5, 0.6) is 0 Å². The molecular weight excluding hydrogens is 911 g/mol. The van der Waals surface area contributed by atoms with E-state index in [1.54, 1.807) is 6.08 Å². The highest BCUT2D eigenvalue weighted by molar-refractivity contribution is 5.76. The molecule has 2 unspecified atom stereocenters. The molecule has 0 fully saturated rings. The van der Waals surface area contributed by atoms with Crippen LogP contribution < -0.4 is 5.32 Å². The van der Waals surface area contributed by atoms with Gasteiger partial charge in [0.25, 0.3) is 0 Å². The number of carbonyl (C=O) groups excluding carboxylic acids is 2. The molecule has 1 amide bonds. The smallest absolute Gasteiger partial charge is 0.305 e. The molecular formula is C68H129NO5. The fourth-order valence-corrected chi connectivity index (χ4v) is 10.3. The number of amides is 1. The molecule has 0 aliphatic carbocycles. The standard InChI is InChI=1S/C68H129NO5/c1-3-5-7-9-11-13-15-17-19-20-21-22-23-24-25-26-27-30-33-36-40-44-48-52-56-60-66(71)65(64-70)69-67(72)61-57-53-49-45-41-37-34-31-28-29-32-35-39-43-47-51-55-59-63-74-68(73)62-58-54-50-46-42-38-18-16-14-12-10-8-6-4-2/h10,12,16,18,56,60,65-66,70-71H,3-9,11,13-15,17,19-55,57-59,61-64H2,1-2H3,(H,69,72)/b12-10-,18-16-,60-56+. The molecule has 2 atom stereocenters. The van der Waals surface area contributed by atoms with Crippen molar-refractivity contribution < 1.29 is 24.5 Å². The molecule has 0 aliphatic heterocycles. The lowest BCUT2D eigenvalue weighted by Crippen LogP contribution is -2.45. The van der Waals surface area contributed by atoms with Gasteiger partial charge in [0.05, 0.1) is 25.4 Å². The van der Waals surface area contributed by atoms with Crippen LogP contribution in [0.3, 0.4) is 0 Å². The van der Waals surface area contributed by atoms with Gasteiger partial charge >= 0.3 is 5.97 Å². The van der Waals surface area contributed by atoms with Crippen molar-refractivity contribution in [3.63, 3.8) is 0 Å². The van der Waals surface area contributed by atoms with E-state index in [9.17, 15) is 19.8 Å². The van der Waals surface area contributed by atoms with Gasteiger partial charge in [0, 0.05) is 12.8 Å². The molecule has 0 spiro atoms. The van der Waals surface area contributed by atoms with Crippen molar-refractivity contribution in [2.24, 2.45) is 0 Å². The average Bonchev–Trinajstić information content (AvgIpc) is 3.40. The Labute approximate surface area is 462 Å². The number of aliphatic hydroxyl groups excluding tert-OH is 2. The molecule has 0 bridgehead atoms. The molecule has 6 nitrogen and oxygen atoms in total. The zero-order valence-corrected chi connectivity index (χ0v) is 49.8. The maximum atomic E-state index is 12.5. The van der Waals surface area contributed by atoms with E-state index >= 15 is 0 Å². The molecule has 0 aromatic carbocycles. The summed E-state index contributed by atoms with van der Waals surface area (Å²) in [7, 11) is 0. The fourth-order valence-electron chi connectivity index (χ4n) is 10.3. The van der Waals surface area contributed by atoms with E-state index in [4.69, 9.17) is 4.74 Å². The highest BCUT2D eigenvalue weighted by atomic mass is 16.5. The topological polar surface area (TPSA) is 95.9 Å². The van der Waals surface area contributed by atoms with Crippen molar-refractivity contribution in [2.75, 3.05) is 13.2 Å². The van der Waals surface area contributed by atoms with Crippen LogP contribution in [0.4, 0.5) is 0 Å². The molecule has 0 radical (unpaired) electrons. The molecule has 0 saturated heterocycles. The second kappa shape index (κ2) is 63.6. The predicted octanol–water partition coefficient (Wildman–Crippen LogP) is 21.1. The van der Waals surface area contributed by atoms with E-state index in [1.165, 1.54) is 283 Å². The third kappa shape index (κ3) is 59.3. The van der Waals surface area contributed by atoms with Crippen molar-refractivity contribution >= 4 is 11.9 Å². The zero-order chi connectivity index (χ0) is 53.6. The van der Waals surface area contributed by atoms with Crippen molar-refractivity contribution in [3.8, 4) is 0 Å². The van der Waals surface area contributed by atoms with Crippen molar-refractivity contribution in [2.45, 2.75) is 373 Å². The first kappa shape index (κ1) is 72.1. The summed E-state index contributed by atoms with van der Waals surface area (Å²) in [6.07, 6.45) is 80.5. The van der Waals surface area contributed by atoms with Crippen molar-refractivity contribution in [1.29, 1.82) is 0 Å². The van der Waals surface area contributed by atoms with Crippen LogP contribution in [0, 0.1) is 0 Å². The number of allylic oxidation sites excluding steroid dienone is 5. The Balaban J connectivity index is 3.44. The van der Waals surface area contributed by atoms with Crippen LogP contribution in [-0.4, -0.2) is 47.4 Å². The van der Waals surface area contributed by atoms with Crippen LogP contribution in [0.15, 0.2) is 36.5 Å². The van der Waals surface area contributed by atoms with Crippen LogP contribution in [0.1, 0.15) is 361 Å². The normalized spacial score (nSPS) is 12.8. The monoisotopic (exact) mass is 1040 g/mol. The molecule has 6 heteroatoms. The Morgan fingerprint density at radius 2 is 0.689 bits per heavy atom. The predicted molar refractivity (Wildman–Crippen MR) is 324 cm³/mol. The van der Waals surface area contributed by atoms with Crippen molar-refractivity contribution in [3.05, 3.63) is 36.5 Å². The number of unbranched alkanes of at least 4 members (excludes halogenated alkanes) is 47. The van der Waals surface area contributed by atoms with Gasteiger partial charge in [-0.1, -0.05) is 326 Å². The Hall–Kier alpha value is -1.92. The van der Waals surface area contributed by atoms with E-state index in [2.05, 4.69) is 43.5 Å². The van der Waals surface area contributed by atoms with Crippen molar-refractivity contribution in [1.82, 2.24) is 5.32 Å². The first-order chi connectivity index (χ1) is 36.5. The summed E-state index contributed by atoms with van der Waals surface area (Å²) in [4.78, 5) is 24.6. The molecule has 0 saturated carbocycles. The maximum absolute atomic E-state index is 12.5. The SMILES string of the molecule is CCCC/C=C\C/C=C\CCCCCCCC(=O)OCCCCCCCCCCCCCCCCCCCCC(=O)NC(CO)C(O)/C=C/CCCCCCCCCCCCCCCCCCCCCCCCC. The van der Waals surface area contributed by atoms with Crippen LogP contribution in [-0.2, 0) is 14.3 Å². The Kier molecular flexibility index (Phi) is 62.0. The highest BCUT2D eigenvalue weighted by Crippen LogP contribution is 2.18. The number of nitrogens with one attached hydrogen (secondary N) is 1. The Morgan fingerprint density at radius 3 is 1.07 bits per heavy atom. The number of hydrogen-bond acceptors (Lipinski definition) is 5. The Morgan fingerprint density at radius 1 is 0.378 bits per heavy atom. The maximum Gasteiger partial charge on any atom is 0.305 e. The fraction of sp³-hybridized carbons (Fsp3) is 0.882. The lowest BCUT2D eigenvalue weighted by atomic mass is 10.0. The third-order valence-electron chi connectivity index (χ3n) is 15.4. The van der Waals surface area contributed by atoms with E-state index in [0.29, 0.717) is 19.4 Å². The molecule has 0 aromatic rings. The first-order valence-corrected chi connectivity index (χ1v) is 33.3. The lowest BCUT2D eigenvalue weighted by molar-refractivity contribution is -0.143. The summed E-state index contributed by atoms with van der Waals surface area (Å²) in [6.45, 7) is 4.88. The number of hydrogen-bond donors (Lipinski definition) is 3. The van der Waals surface area contributed by atoms with E-state index < -0.39 is 12.1 Å². The van der Waals surface area contributed by atoms with Crippen LogP contribution >= 0.6 is 0 Å². The lowest BCUT2D eigenvalue weighted by Gasteiger charge is -2.20. The largest absolute Gasteiger partial charge is 0.466 e. The summed E-state index contributed by atoms with van der Waals surface area (Å²) >= 11 is 0. The second-order valence-corrected chi connectivity index (χ2v) is 22.8. The summed E-state index contributed by atoms with van der Waals surface area (Å²) in [5.41, 5.74) is 0. The van der Waals surface area contributed by atoms with Crippen LogP contribution in [0.2, 0.25) is 0 Å². The molecule has 436 valence electrons. The number of esters is 1. The Bertz CT molecular complexity index is 1200. The van der Waals surface area contributed by atoms with E-state index in [0.717, 1.165) is 51.4 Å². The molecule has 74 heavy (non-hydrogen) atoms. The number of carbonyl (C=O) groups is 2.